The highest BCUT2D eigenvalue weighted by Gasteiger charge is 2.31. The van der Waals surface area contributed by atoms with Crippen molar-refractivity contribution in [2.45, 2.75) is 53.9 Å². The van der Waals surface area contributed by atoms with Crippen molar-refractivity contribution >= 4 is 22.8 Å². The molecule has 0 fully saturated rings. The number of pyridine rings is 1. The van der Waals surface area contributed by atoms with Crippen molar-refractivity contribution in [3.63, 3.8) is 0 Å². The summed E-state index contributed by atoms with van der Waals surface area (Å²) in [5.41, 5.74) is 4.13. The number of rotatable bonds is 5. The van der Waals surface area contributed by atoms with Gasteiger partial charge >= 0.3 is 6.36 Å². The van der Waals surface area contributed by atoms with Gasteiger partial charge in [0.1, 0.15) is 11.6 Å². The predicted octanol–water partition coefficient (Wildman–Crippen LogP) is 5.97. The predicted molar refractivity (Wildman–Crippen MR) is 114 cm³/mol. The maximum atomic E-state index is 12.3. The summed E-state index contributed by atoms with van der Waals surface area (Å²) in [5.74, 6) is 0.200. The topological polar surface area (TPSA) is 56.1 Å². The summed E-state index contributed by atoms with van der Waals surface area (Å²) in [6.45, 7) is 10.3. The van der Waals surface area contributed by atoms with Crippen molar-refractivity contribution in [2.24, 2.45) is 5.41 Å². The zero-order valence-corrected chi connectivity index (χ0v) is 18.2. The minimum Gasteiger partial charge on any atom is -0.406 e. The lowest BCUT2D eigenvalue weighted by Gasteiger charge is -2.17. The maximum absolute atomic E-state index is 12.3. The minimum absolute atomic E-state index is 0.0835. The molecule has 0 saturated carbocycles. The first kappa shape index (κ1) is 22.7. The van der Waals surface area contributed by atoms with E-state index in [0.29, 0.717) is 18.8 Å². The number of aryl methyl sites for hydroxylation is 2. The first-order valence-electron chi connectivity index (χ1n) is 9.93. The highest BCUT2D eigenvalue weighted by Crippen LogP contribution is 2.27. The fourth-order valence-corrected chi connectivity index (χ4v) is 3.37. The molecule has 0 bridgehead atoms. The minimum atomic E-state index is -4.71. The molecule has 0 aliphatic carbocycles. The average Bonchev–Trinajstić information content (AvgIpc) is 2.89. The van der Waals surface area contributed by atoms with Crippen LogP contribution in [-0.2, 0) is 11.3 Å². The average molecular weight is 433 g/mol. The molecule has 0 atom stereocenters. The number of nitrogens with zero attached hydrogens (tertiary/aromatic N) is 2. The molecule has 1 N–H and O–H groups in total. The van der Waals surface area contributed by atoms with Gasteiger partial charge in [-0.15, -0.1) is 13.2 Å². The van der Waals surface area contributed by atoms with Crippen LogP contribution in [0.15, 0.2) is 36.4 Å². The van der Waals surface area contributed by atoms with Gasteiger partial charge in [-0.1, -0.05) is 32.9 Å². The molecule has 5 nitrogen and oxygen atoms in total. The molecule has 2 heterocycles. The van der Waals surface area contributed by atoms with E-state index in [1.54, 1.807) is 12.1 Å². The molecule has 0 aliphatic heterocycles. The number of amides is 1. The van der Waals surface area contributed by atoms with Crippen LogP contribution < -0.4 is 10.1 Å². The smallest absolute Gasteiger partial charge is 0.406 e. The third-order valence-electron chi connectivity index (χ3n) is 4.73. The first-order chi connectivity index (χ1) is 14.3. The lowest BCUT2D eigenvalue weighted by molar-refractivity contribution is -0.274. The van der Waals surface area contributed by atoms with E-state index >= 15 is 0 Å². The molecular formula is C23H26F3N3O2. The third-order valence-corrected chi connectivity index (χ3v) is 4.73. The third kappa shape index (κ3) is 5.99. The van der Waals surface area contributed by atoms with Gasteiger partial charge in [0.15, 0.2) is 0 Å². The Morgan fingerprint density at radius 2 is 1.74 bits per heavy atom. The Labute approximate surface area is 179 Å². The van der Waals surface area contributed by atoms with Gasteiger partial charge in [-0.05, 0) is 54.7 Å². The van der Waals surface area contributed by atoms with E-state index in [9.17, 15) is 18.0 Å². The zero-order valence-electron chi connectivity index (χ0n) is 18.2. The van der Waals surface area contributed by atoms with Crippen LogP contribution in [0, 0.1) is 19.3 Å². The quantitative estimate of drug-likeness (QED) is 0.539. The van der Waals surface area contributed by atoms with Crippen LogP contribution in [0.3, 0.4) is 0 Å². The Bertz CT molecular complexity index is 1090. The van der Waals surface area contributed by atoms with Crippen LogP contribution in [0.25, 0.3) is 11.0 Å². The fourth-order valence-electron chi connectivity index (χ4n) is 3.37. The molecule has 1 amide bonds. The van der Waals surface area contributed by atoms with E-state index in [2.05, 4.69) is 15.0 Å². The van der Waals surface area contributed by atoms with Crippen LogP contribution in [0.1, 0.15) is 44.0 Å². The van der Waals surface area contributed by atoms with Gasteiger partial charge in [-0.3, -0.25) is 4.79 Å². The molecule has 2 aromatic heterocycles. The molecule has 0 unspecified atom stereocenters. The van der Waals surface area contributed by atoms with Crippen LogP contribution in [0.5, 0.6) is 5.75 Å². The van der Waals surface area contributed by atoms with Gasteiger partial charge in [0.05, 0.1) is 11.0 Å². The van der Waals surface area contributed by atoms with E-state index in [-0.39, 0.29) is 17.1 Å². The summed E-state index contributed by atoms with van der Waals surface area (Å²) >= 11 is 0. The van der Waals surface area contributed by atoms with Gasteiger partial charge in [-0.25, -0.2) is 4.98 Å². The Morgan fingerprint density at radius 3 is 2.32 bits per heavy atom. The highest BCUT2D eigenvalue weighted by molar-refractivity contribution is 5.92. The number of alkyl halides is 3. The van der Waals surface area contributed by atoms with E-state index in [1.165, 1.54) is 12.1 Å². The second-order valence-electron chi connectivity index (χ2n) is 8.91. The van der Waals surface area contributed by atoms with Crippen molar-refractivity contribution in [1.29, 1.82) is 0 Å². The molecule has 3 aromatic rings. The summed E-state index contributed by atoms with van der Waals surface area (Å²) in [5, 5.41) is 2.90. The van der Waals surface area contributed by atoms with Crippen molar-refractivity contribution in [3.05, 3.63) is 53.2 Å². The standard InChI is InChI=1S/C23H26F3N3O2/c1-14-10-19-18(27-21(14)28-20(30)12-22(3,4)5)11-15(2)29(19)13-16-6-8-17(9-7-16)31-23(24,25)26/h6-11H,12-13H2,1-5H3,(H,27,28,30). The molecule has 1 aromatic carbocycles. The molecule has 8 heteroatoms. The molecule has 166 valence electrons. The molecule has 0 saturated heterocycles. The molecular weight excluding hydrogens is 407 g/mol. The van der Waals surface area contributed by atoms with Crippen molar-refractivity contribution in [2.75, 3.05) is 5.32 Å². The fraction of sp³-hybridized carbons (Fsp3) is 0.391. The van der Waals surface area contributed by atoms with Crippen LogP contribution in [0.4, 0.5) is 19.0 Å². The van der Waals surface area contributed by atoms with E-state index in [1.807, 2.05) is 51.3 Å². The SMILES string of the molecule is Cc1cc2c(cc(C)n2Cc2ccc(OC(F)(F)F)cc2)nc1NC(=O)CC(C)(C)C. The number of halogens is 3. The number of anilines is 1. The summed E-state index contributed by atoms with van der Waals surface area (Å²) in [6.07, 6.45) is -4.32. The maximum Gasteiger partial charge on any atom is 0.573 e. The zero-order chi connectivity index (χ0) is 23.0. The Kier molecular flexibility index (Phi) is 6.02. The van der Waals surface area contributed by atoms with Crippen molar-refractivity contribution < 1.29 is 22.7 Å². The largest absolute Gasteiger partial charge is 0.573 e. The summed E-state index contributed by atoms with van der Waals surface area (Å²) in [4.78, 5) is 16.9. The molecule has 0 aliphatic rings. The molecule has 0 spiro atoms. The van der Waals surface area contributed by atoms with Gasteiger partial charge in [0.25, 0.3) is 0 Å². The first-order valence-corrected chi connectivity index (χ1v) is 9.93. The monoisotopic (exact) mass is 433 g/mol. The lowest BCUT2D eigenvalue weighted by atomic mass is 9.92. The number of fused-ring (bicyclic) bond motifs is 1. The van der Waals surface area contributed by atoms with Crippen molar-refractivity contribution in [3.8, 4) is 5.75 Å². The van der Waals surface area contributed by atoms with Crippen LogP contribution in [-0.4, -0.2) is 21.8 Å². The van der Waals surface area contributed by atoms with E-state index in [4.69, 9.17) is 0 Å². The summed E-state index contributed by atoms with van der Waals surface area (Å²) in [6, 6.07) is 9.70. The van der Waals surface area contributed by atoms with E-state index in [0.717, 1.165) is 27.9 Å². The Hall–Kier alpha value is -3.03. The van der Waals surface area contributed by atoms with Gasteiger partial charge in [-0.2, -0.15) is 0 Å². The second kappa shape index (κ2) is 8.24. The van der Waals surface area contributed by atoms with E-state index < -0.39 is 6.36 Å². The van der Waals surface area contributed by atoms with Crippen LogP contribution in [0.2, 0.25) is 0 Å². The number of nitrogens with one attached hydrogen (secondary N) is 1. The summed E-state index contributed by atoms with van der Waals surface area (Å²) < 4.78 is 43.0. The number of carbonyl (C=O) groups excluding carboxylic acids is 1. The lowest BCUT2D eigenvalue weighted by Crippen LogP contribution is -2.20. The summed E-state index contributed by atoms with van der Waals surface area (Å²) in [7, 11) is 0. The molecule has 31 heavy (non-hydrogen) atoms. The van der Waals surface area contributed by atoms with Crippen LogP contribution >= 0.6 is 0 Å². The Morgan fingerprint density at radius 1 is 1.10 bits per heavy atom. The normalized spacial score (nSPS) is 12.3. The number of hydrogen-bond donors (Lipinski definition) is 1. The highest BCUT2D eigenvalue weighted by atomic mass is 19.4. The van der Waals surface area contributed by atoms with Gasteiger partial charge in [0, 0.05) is 18.7 Å². The number of benzene rings is 1. The second-order valence-corrected chi connectivity index (χ2v) is 8.91. The number of ether oxygens (including phenoxy) is 1. The van der Waals surface area contributed by atoms with Crippen molar-refractivity contribution in [1.82, 2.24) is 9.55 Å². The van der Waals surface area contributed by atoms with Gasteiger partial charge < -0.3 is 14.6 Å². The number of hydrogen-bond acceptors (Lipinski definition) is 3. The molecule has 3 rings (SSSR count). The van der Waals surface area contributed by atoms with Gasteiger partial charge in [0.2, 0.25) is 5.91 Å². The number of aromatic nitrogens is 2. The Balaban J connectivity index is 1.83. The molecule has 0 radical (unpaired) electrons. The number of carbonyl (C=O) groups is 1.